The standard InChI is InChI=1S/C15H24N2/c1-13(2)15(11-7-4-8-12-15)17-16-14-9-5-3-6-10-14/h7,9,11,13H,3-6,8,10,12H2,1-2H3. The molecule has 0 bridgehead atoms. The second kappa shape index (κ2) is 5.61. The third kappa shape index (κ3) is 3.05. The summed E-state index contributed by atoms with van der Waals surface area (Å²) in [6.07, 6.45) is 15.3. The minimum Gasteiger partial charge on any atom is -0.178 e. The van der Waals surface area contributed by atoms with Crippen molar-refractivity contribution in [1.29, 1.82) is 0 Å². The van der Waals surface area contributed by atoms with Gasteiger partial charge in [-0.1, -0.05) is 32.1 Å². The van der Waals surface area contributed by atoms with Crippen molar-refractivity contribution in [1.82, 2.24) is 0 Å². The predicted octanol–water partition coefficient (Wildman–Crippen LogP) is 5.03. The minimum atomic E-state index is -0.0312. The monoisotopic (exact) mass is 232 g/mol. The molecule has 2 nitrogen and oxygen atoms in total. The maximum atomic E-state index is 4.71. The molecule has 2 heteroatoms. The summed E-state index contributed by atoms with van der Waals surface area (Å²) in [7, 11) is 0. The summed E-state index contributed by atoms with van der Waals surface area (Å²) in [5.41, 5.74) is 1.17. The molecule has 0 aromatic carbocycles. The molecule has 1 atom stereocenters. The van der Waals surface area contributed by atoms with E-state index in [-0.39, 0.29) is 5.54 Å². The van der Waals surface area contributed by atoms with E-state index < -0.39 is 0 Å². The zero-order valence-electron chi connectivity index (χ0n) is 11.2. The van der Waals surface area contributed by atoms with Gasteiger partial charge in [-0.25, -0.2) is 0 Å². The van der Waals surface area contributed by atoms with E-state index in [1.165, 1.54) is 37.8 Å². The van der Waals surface area contributed by atoms with Gasteiger partial charge >= 0.3 is 0 Å². The molecule has 2 aliphatic carbocycles. The molecule has 17 heavy (non-hydrogen) atoms. The van der Waals surface area contributed by atoms with Gasteiger partial charge in [-0.3, -0.25) is 0 Å². The van der Waals surface area contributed by atoms with Gasteiger partial charge in [0.1, 0.15) is 5.54 Å². The van der Waals surface area contributed by atoms with Gasteiger partial charge in [0.2, 0.25) is 0 Å². The molecular formula is C15H24N2. The Morgan fingerprint density at radius 1 is 1.18 bits per heavy atom. The maximum absolute atomic E-state index is 4.71. The molecule has 0 saturated carbocycles. The molecule has 0 saturated heterocycles. The van der Waals surface area contributed by atoms with Crippen LogP contribution >= 0.6 is 0 Å². The quantitative estimate of drug-likeness (QED) is 0.481. The first-order valence-corrected chi connectivity index (χ1v) is 7.02. The summed E-state index contributed by atoms with van der Waals surface area (Å²) in [6.45, 7) is 4.51. The van der Waals surface area contributed by atoms with E-state index in [0.29, 0.717) is 5.92 Å². The highest BCUT2D eigenvalue weighted by Crippen LogP contribution is 2.34. The van der Waals surface area contributed by atoms with Crippen molar-refractivity contribution in [2.45, 2.75) is 64.3 Å². The van der Waals surface area contributed by atoms with Crippen LogP contribution in [0.4, 0.5) is 0 Å². The van der Waals surface area contributed by atoms with Gasteiger partial charge in [0.15, 0.2) is 0 Å². The number of nitrogens with zero attached hydrogens (tertiary/aromatic N) is 2. The molecule has 0 spiro atoms. The van der Waals surface area contributed by atoms with E-state index in [1.807, 2.05) is 0 Å². The minimum absolute atomic E-state index is 0.0312. The number of hydrogen-bond acceptors (Lipinski definition) is 2. The lowest BCUT2D eigenvalue weighted by molar-refractivity contribution is 0.329. The van der Waals surface area contributed by atoms with E-state index in [9.17, 15) is 0 Å². The van der Waals surface area contributed by atoms with Crippen molar-refractivity contribution in [3.63, 3.8) is 0 Å². The first-order chi connectivity index (χ1) is 8.23. The SMILES string of the molecule is CC(C)C1(N=NC2=CCCCC2)C=CCCC1. The fourth-order valence-electron chi connectivity index (χ4n) is 2.62. The van der Waals surface area contributed by atoms with Crippen LogP contribution in [0.3, 0.4) is 0 Å². The number of hydrogen-bond donors (Lipinski definition) is 0. The summed E-state index contributed by atoms with van der Waals surface area (Å²) in [5, 5.41) is 9.24. The zero-order valence-corrected chi connectivity index (χ0v) is 11.2. The Morgan fingerprint density at radius 2 is 2.06 bits per heavy atom. The van der Waals surface area contributed by atoms with Gasteiger partial charge in [0.05, 0.1) is 5.70 Å². The molecule has 0 aromatic rings. The van der Waals surface area contributed by atoms with Crippen LogP contribution in [-0.4, -0.2) is 5.54 Å². The first-order valence-electron chi connectivity index (χ1n) is 7.02. The van der Waals surface area contributed by atoms with Crippen LogP contribution in [0.1, 0.15) is 58.8 Å². The fraction of sp³-hybridized carbons (Fsp3) is 0.733. The van der Waals surface area contributed by atoms with Gasteiger partial charge in [0, 0.05) is 0 Å². The van der Waals surface area contributed by atoms with Crippen molar-refractivity contribution in [3.05, 3.63) is 23.9 Å². The highest BCUT2D eigenvalue weighted by atomic mass is 15.2. The largest absolute Gasteiger partial charge is 0.178 e. The molecule has 0 aromatic heterocycles. The van der Waals surface area contributed by atoms with E-state index in [1.54, 1.807) is 0 Å². The predicted molar refractivity (Wildman–Crippen MR) is 72.0 cm³/mol. The Balaban J connectivity index is 2.12. The molecule has 2 rings (SSSR count). The Labute approximate surface area is 105 Å². The Hall–Kier alpha value is -0.920. The molecule has 0 fully saturated rings. The highest BCUT2D eigenvalue weighted by Gasteiger charge is 2.32. The van der Waals surface area contributed by atoms with Crippen molar-refractivity contribution < 1.29 is 0 Å². The van der Waals surface area contributed by atoms with Gasteiger partial charge in [0.25, 0.3) is 0 Å². The molecule has 0 aliphatic heterocycles. The molecule has 0 radical (unpaired) electrons. The summed E-state index contributed by atoms with van der Waals surface area (Å²) in [6, 6.07) is 0. The van der Waals surface area contributed by atoms with Crippen molar-refractivity contribution >= 4 is 0 Å². The van der Waals surface area contributed by atoms with Gasteiger partial charge in [-0.2, -0.15) is 10.2 Å². The Morgan fingerprint density at radius 3 is 2.65 bits per heavy atom. The molecule has 0 amide bonds. The lowest BCUT2D eigenvalue weighted by Gasteiger charge is -2.32. The third-order valence-electron chi connectivity index (χ3n) is 3.99. The number of allylic oxidation sites excluding steroid dienone is 3. The lowest BCUT2D eigenvalue weighted by Crippen LogP contribution is -2.31. The fourth-order valence-corrected chi connectivity index (χ4v) is 2.62. The summed E-state index contributed by atoms with van der Waals surface area (Å²) in [5.74, 6) is 0.534. The van der Waals surface area contributed by atoms with E-state index in [0.717, 1.165) is 12.8 Å². The summed E-state index contributed by atoms with van der Waals surface area (Å²) >= 11 is 0. The lowest BCUT2D eigenvalue weighted by atomic mass is 9.79. The van der Waals surface area contributed by atoms with Crippen LogP contribution in [0, 0.1) is 5.92 Å². The second-order valence-corrected chi connectivity index (χ2v) is 5.58. The van der Waals surface area contributed by atoms with Crippen LogP contribution in [0.15, 0.2) is 34.2 Å². The summed E-state index contributed by atoms with van der Waals surface area (Å²) in [4.78, 5) is 0. The average Bonchev–Trinajstić information content (AvgIpc) is 2.38. The molecule has 0 heterocycles. The van der Waals surface area contributed by atoms with Gasteiger partial charge in [-0.05, 0) is 50.9 Å². The average molecular weight is 232 g/mol. The molecule has 0 N–H and O–H groups in total. The topological polar surface area (TPSA) is 24.7 Å². The molecule has 94 valence electrons. The van der Waals surface area contributed by atoms with Gasteiger partial charge < -0.3 is 0 Å². The van der Waals surface area contributed by atoms with Crippen LogP contribution in [0.2, 0.25) is 0 Å². The van der Waals surface area contributed by atoms with E-state index >= 15 is 0 Å². The zero-order chi connectivity index (χ0) is 12.1. The van der Waals surface area contributed by atoms with Crippen LogP contribution in [-0.2, 0) is 0 Å². The Bertz CT molecular complexity index is 339. The second-order valence-electron chi connectivity index (χ2n) is 5.58. The van der Waals surface area contributed by atoms with E-state index in [2.05, 4.69) is 37.2 Å². The molecule has 1 unspecified atom stereocenters. The molecule has 2 aliphatic rings. The maximum Gasteiger partial charge on any atom is 0.102 e. The number of rotatable bonds is 3. The highest BCUT2D eigenvalue weighted by molar-refractivity contribution is 5.12. The van der Waals surface area contributed by atoms with Crippen LogP contribution < -0.4 is 0 Å². The van der Waals surface area contributed by atoms with Crippen LogP contribution in [0.25, 0.3) is 0 Å². The first kappa shape index (κ1) is 12.5. The van der Waals surface area contributed by atoms with Crippen molar-refractivity contribution in [2.24, 2.45) is 16.1 Å². The van der Waals surface area contributed by atoms with E-state index in [4.69, 9.17) is 5.11 Å². The molecular weight excluding hydrogens is 208 g/mol. The van der Waals surface area contributed by atoms with Gasteiger partial charge in [-0.15, -0.1) is 0 Å². The normalized spacial score (nSPS) is 29.9. The summed E-state index contributed by atoms with van der Waals surface area (Å²) < 4.78 is 0. The smallest absolute Gasteiger partial charge is 0.102 e. The number of azo groups is 1. The third-order valence-corrected chi connectivity index (χ3v) is 3.99. The van der Waals surface area contributed by atoms with Crippen molar-refractivity contribution in [2.75, 3.05) is 0 Å². The van der Waals surface area contributed by atoms with Crippen LogP contribution in [0.5, 0.6) is 0 Å². The van der Waals surface area contributed by atoms with Crippen molar-refractivity contribution in [3.8, 4) is 0 Å². The Kier molecular flexibility index (Phi) is 4.14.